The van der Waals surface area contributed by atoms with Crippen molar-refractivity contribution in [3.63, 3.8) is 0 Å². The van der Waals surface area contributed by atoms with Gasteiger partial charge in [0.2, 0.25) is 0 Å². The van der Waals surface area contributed by atoms with Gasteiger partial charge >= 0.3 is 0 Å². The van der Waals surface area contributed by atoms with Gasteiger partial charge in [-0.3, -0.25) is 0 Å². The number of hydrogen-bond acceptors (Lipinski definition) is 1. The maximum atomic E-state index is 8.76. The fourth-order valence-electron chi connectivity index (χ4n) is 1.33. The second-order valence-electron chi connectivity index (χ2n) is 4.02. The zero-order valence-electron chi connectivity index (χ0n) is 10.8. The van der Waals surface area contributed by atoms with Crippen molar-refractivity contribution in [2.24, 2.45) is 0 Å². The Bertz CT molecular complexity index is 370. The molecular formula is C17H20O. The van der Waals surface area contributed by atoms with E-state index in [0.29, 0.717) is 5.75 Å². The van der Waals surface area contributed by atoms with E-state index >= 15 is 0 Å². The molecule has 0 fully saturated rings. The van der Waals surface area contributed by atoms with E-state index in [1.807, 2.05) is 19.1 Å². The summed E-state index contributed by atoms with van der Waals surface area (Å²) in [5.41, 5.74) is 1.17. The van der Waals surface area contributed by atoms with E-state index in [1.165, 1.54) is 5.56 Å². The highest BCUT2D eigenvalue weighted by Crippen LogP contribution is 2.07. The Morgan fingerprint density at radius 3 is 1.33 bits per heavy atom. The molecule has 0 atom stereocenters. The molecule has 1 N–H and O–H groups in total. The molecule has 0 bridgehead atoms. The Kier molecular flexibility index (Phi) is 7.07. The zero-order chi connectivity index (χ0) is 13.1. The lowest BCUT2D eigenvalue weighted by Gasteiger charge is -1.89. The van der Waals surface area contributed by atoms with Gasteiger partial charge in [-0.05, 0) is 31.9 Å². The highest BCUT2D eigenvalue weighted by molar-refractivity contribution is 5.24. The lowest BCUT2D eigenvalue weighted by atomic mass is 10.2. The van der Waals surface area contributed by atoms with Crippen molar-refractivity contribution in [2.75, 3.05) is 0 Å². The molecule has 0 spiro atoms. The third-order valence-corrected chi connectivity index (χ3v) is 2.34. The third kappa shape index (κ3) is 7.29. The maximum Gasteiger partial charge on any atom is 0.115 e. The molecule has 0 saturated heterocycles. The summed E-state index contributed by atoms with van der Waals surface area (Å²) < 4.78 is 0. The highest BCUT2D eigenvalue weighted by Gasteiger charge is 1.82. The Hall–Kier alpha value is -2.02. The van der Waals surface area contributed by atoms with Crippen molar-refractivity contribution in [3.05, 3.63) is 78.4 Å². The molecule has 0 aromatic heterocycles. The second kappa shape index (κ2) is 9.06. The normalized spacial score (nSPS) is 13.8. The number of benzene rings is 1. The molecule has 0 radical (unpaired) electrons. The Balaban J connectivity index is 0.000000141. The van der Waals surface area contributed by atoms with E-state index in [9.17, 15) is 0 Å². The largest absolute Gasteiger partial charge is 0.508 e. The SMILES string of the molecule is C1=CCC=C1.C1=CCC=C1.Cc1ccc(O)cc1. The molecule has 2 aliphatic carbocycles. The van der Waals surface area contributed by atoms with Gasteiger partial charge in [-0.2, -0.15) is 0 Å². The van der Waals surface area contributed by atoms with Crippen LogP contribution in [0, 0.1) is 6.92 Å². The molecule has 0 amide bonds. The van der Waals surface area contributed by atoms with Crippen LogP contribution in [0.4, 0.5) is 0 Å². The van der Waals surface area contributed by atoms with Crippen LogP contribution in [0.2, 0.25) is 0 Å². The third-order valence-electron chi connectivity index (χ3n) is 2.34. The minimum absolute atomic E-state index is 0.329. The smallest absolute Gasteiger partial charge is 0.115 e. The summed E-state index contributed by atoms with van der Waals surface area (Å²) in [6, 6.07) is 7.09. The standard InChI is InChI=1S/C7H8O.2C5H6/c1-6-2-4-7(8)5-3-6;2*1-2-4-5-3-1/h2-5,8H,1H3;2*1-4H,5H2. The fourth-order valence-corrected chi connectivity index (χ4v) is 1.33. The number of phenolic OH excluding ortho intramolecular Hbond substituents is 1. The average molecular weight is 240 g/mol. The van der Waals surface area contributed by atoms with Crippen molar-refractivity contribution >= 4 is 0 Å². The van der Waals surface area contributed by atoms with Crippen molar-refractivity contribution in [1.29, 1.82) is 0 Å². The Labute approximate surface area is 109 Å². The predicted octanol–water partition coefficient (Wildman–Crippen LogP) is 4.71. The van der Waals surface area contributed by atoms with E-state index in [-0.39, 0.29) is 0 Å². The molecule has 18 heavy (non-hydrogen) atoms. The lowest BCUT2D eigenvalue weighted by molar-refractivity contribution is 0.475. The van der Waals surface area contributed by atoms with Crippen LogP contribution < -0.4 is 0 Å². The quantitative estimate of drug-likeness (QED) is 0.696. The van der Waals surface area contributed by atoms with Crippen LogP contribution in [0.25, 0.3) is 0 Å². The first-order valence-electron chi connectivity index (χ1n) is 6.18. The van der Waals surface area contributed by atoms with E-state index < -0.39 is 0 Å². The summed E-state index contributed by atoms with van der Waals surface area (Å²) in [6.45, 7) is 1.99. The van der Waals surface area contributed by atoms with Crippen molar-refractivity contribution in [3.8, 4) is 5.75 Å². The van der Waals surface area contributed by atoms with E-state index in [1.54, 1.807) is 12.1 Å². The molecule has 2 aliphatic rings. The predicted molar refractivity (Wildman–Crippen MR) is 78.6 cm³/mol. The molecule has 0 aliphatic heterocycles. The van der Waals surface area contributed by atoms with Gasteiger partial charge in [-0.1, -0.05) is 66.3 Å². The number of allylic oxidation sites excluding steroid dienone is 8. The molecule has 0 saturated carbocycles. The van der Waals surface area contributed by atoms with Crippen LogP contribution in [-0.4, -0.2) is 5.11 Å². The van der Waals surface area contributed by atoms with Crippen LogP contribution in [0.3, 0.4) is 0 Å². The first-order valence-corrected chi connectivity index (χ1v) is 6.18. The van der Waals surface area contributed by atoms with Crippen LogP contribution in [0.5, 0.6) is 5.75 Å². The topological polar surface area (TPSA) is 20.2 Å². The molecule has 1 aromatic carbocycles. The summed E-state index contributed by atoms with van der Waals surface area (Å²) in [6.07, 6.45) is 19.0. The molecule has 1 heteroatoms. The van der Waals surface area contributed by atoms with Gasteiger partial charge in [-0.25, -0.2) is 0 Å². The highest BCUT2D eigenvalue weighted by atomic mass is 16.3. The van der Waals surface area contributed by atoms with Crippen LogP contribution in [0.15, 0.2) is 72.9 Å². The van der Waals surface area contributed by atoms with Gasteiger partial charge in [0.25, 0.3) is 0 Å². The average Bonchev–Trinajstić information content (AvgIpc) is 3.11. The second-order valence-corrected chi connectivity index (χ2v) is 4.02. The number of phenols is 1. The minimum Gasteiger partial charge on any atom is -0.508 e. The van der Waals surface area contributed by atoms with Gasteiger partial charge in [0.1, 0.15) is 5.75 Å². The summed E-state index contributed by atoms with van der Waals surface area (Å²) in [5, 5.41) is 8.76. The van der Waals surface area contributed by atoms with Crippen LogP contribution in [0.1, 0.15) is 18.4 Å². The van der Waals surface area contributed by atoms with Crippen molar-refractivity contribution in [2.45, 2.75) is 19.8 Å². The number of rotatable bonds is 0. The molecule has 1 nitrogen and oxygen atoms in total. The van der Waals surface area contributed by atoms with Gasteiger partial charge < -0.3 is 5.11 Å². The van der Waals surface area contributed by atoms with Gasteiger partial charge in [0.05, 0.1) is 0 Å². The van der Waals surface area contributed by atoms with Crippen molar-refractivity contribution < 1.29 is 5.11 Å². The molecule has 1 aromatic rings. The first kappa shape index (κ1) is 14.0. The Morgan fingerprint density at radius 2 is 1.11 bits per heavy atom. The molecule has 0 unspecified atom stereocenters. The van der Waals surface area contributed by atoms with Crippen LogP contribution >= 0.6 is 0 Å². The number of aromatic hydroxyl groups is 1. The maximum absolute atomic E-state index is 8.76. The van der Waals surface area contributed by atoms with Gasteiger partial charge in [0.15, 0.2) is 0 Å². The molecule has 0 heterocycles. The summed E-state index contributed by atoms with van der Waals surface area (Å²) in [5.74, 6) is 0.329. The molecular weight excluding hydrogens is 220 g/mol. The Morgan fingerprint density at radius 1 is 0.722 bits per heavy atom. The monoisotopic (exact) mass is 240 g/mol. The molecule has 3 rings (SSSR count). The fraction of sp³-hybridized carbons (Fsp3) is 0.176. The van der Waals surface area contributed by atoms with E-state index in [2.05, 4.69) is 48.6 Å². The lowest BCUT2D eigenvalue weighted by Crippen LogP contribution is -1.66. The minimum atomic E-state index is 0.329. The summed E-state index contributed by atoms with van der Waals surface area (Å²) in [4.78, 5) is 0. The van der Waals surface area contributed by atoms with Crippen molar-refractivity contribution in [1.82, 2.24) is 0 Å². The zero-order valence-corrected chi connectivity index (χ0v) is 10.8. The van der Waals surface area contributed by atoms with Gasteiger partial charge in [0, 0.05) is 0 Å². The summed E-state index contributed by atoms with van der Waals surface area (Å²) in [7, 11) is 0. The first-order chi connectivity index (χ1) is 8.79. The van der Waals surface area contributed by atoms with Crippen LogP contribution in [-0.2, 0) is 0 Å². The van der Waals surface area contributed by atoms with Gasteiger partial charge in [-0.15, -0.1) is 0 Å². The summed E-state index contributed by atoms with van der Waals surface area (Å²) >= 11 is 0. The molecule has 94 valence electrons. The number of hydrogen-bond donors (Lipinski definition) is 1. The van der Waals surface area contributed by atoms with E-state index in [4.69, 9.17) is 5.11 Å². The van der Waals surface area contributed by atoms with E-state index in [0.717, 1.165) is 12.8 Å². The number of aryl methyl sites for hydroxylation is 1.